The molecule has 0 radical (unpaired) electrons. The molecule has 0 saturated heterocycles. The number of benzene rings is 1. The lowest BCUT2D eigenvalue weighted by Gasteiger charge is -2.12. The van der Waals surface area contributed by atoms with Crippen LogP contribution in [0.15, 0.2) is 24.3 Å². The van der Waals surface area contributed by atoms with E-state index in [1.54, 1.807) is 23.9 Å². The van der Waals surface area contributed by atoms with E-state index in [2.05, 4.69) is 12.2 Å². The largest absolute Gasteiger partial charge is 0.478 e. The van der Waals surface area contributed by atoms with Gasteiger partial charge in [0.05, 0.1) is 0 Å². The first-order valence-corrected chi connectivity index (χ1v) is 8.12. The molecule has 1 aromatic rings. The van der Waals surface area contributed by atoms with Crippen LogP contribution in [0.1, 0.15) is 28.4 Å². The van der Waals surface area contributed by atoms with Crippen molar-refractivity contribution >= 4 is 29.7 Å². The Labute approximate surface area is 129 Å². The summed E-state index contributed by atoms with van der Waals surface area (Å²) >= 11 is 1.76. The molecule has 114 valence electrons. The Morgan fingerprint density at radius 2 is 2.14 bits per heavy atom. The molecule has 0 aliphatic heterocycles. The molecule has 4 nitrogen and oxygen atoms in total. The molecule has 1 atom stereocenters. The lowest BCUT2D eigenvalue weighted by atomic mass is 10.0. The molecule has 1 unspecified atom stereocenters. The Morgan fingerprint density at radius 3 is 2.76 bits per heavy atom. The van der Waals surface area contributed by atoms with Gasteiger partial charge >= 0.3 is 5.97 Å². The zero-order valence-electron chi connectivity index (χ0n) is 12.6. The van der Waals surface area contributed by atoms with E-state index in [-0.39, 0.29) is 5.91 Å². The third-order valence-corrected chi connectivity index (χ3v) is 3.89. The zero-order valence-corrected chi connectivity index (χ0v) is 13.4. The summed E-state index contributed by atoms with van der Waals surface area (Å²) in [4.78, 5) is 22.7. The Balaban J connectivity index is 2.78. The SMILES string of the molecule is CSCC(C)CNC(=O)c1cc(C=CC(=O)O)ccc1C. The predicted molar refractivity (Wildman–Crippen MR) is 87.7 cm³/mol. The van der Waals surface area contributed by atoms with Crippen molar-refractivity contribution in [1.82, 2.24) is 5.32 Å². The average molecular weight is 307 g/mol. The van der Waals surface area contributed by atoms with Crippen molar-refractivity contribution < 1.29 is 14.7 Å². The van der Waals surface area contributed by atoms with Crippen molar-refractivity contribution in [2.45, 2.75) is 13.8 Å². The number of hydrogen-bond donors (Lipinski definition) is 2. The predicted octanol–water partition coefficient (Wildman–Crippen LogP) is 2.82. The first-order valence-electron chi connectivity index (χ1n) is 6.72. The first-order chi connectivity index (χ1) is 9.93. The molecule has 0 fully saturated rings. The Morgan fingerprint density at radius 1 is 1.43 bits per heavy atom. The van der Waals surface area contributed by atoms with Crippen LogP contribution in [0, 0.1) is 12.8 Å². The lowest BCUT2D eigenvalue weighted by Crippen LogP contribution is -2.29. The van der Waals surface area contributed by atoms with Crippen LogP contribution in [-0.4, -0.2) is 35.5 Å². The fourth-order valence-electron chi connectivity index (χ4n) is 1.86. The summed E-state index contributed by atoms with van der Waals surface area (Å²) in [6.45, 7) is 4.59. The van der Waals surface area contributed by atoms with Crippen molar-refractivity contribution in [3.8, 4) is 0 Å². The van der Waals surface area contributed by atoms with Gasteiger partial charge in [-0.05, 0) is 48.1 Å². The Kier molecular flexibility index (Phi) is 7.02. The summed E-state index contributed by atoms with van der Waals surface area (Å²) in [6, 6.07) is 5.33. The number of carboxylic acids is 1. The van der Waals surface area contributed by atoms with Crippen LogP contribution in [0.4, 0.5) is 0 Å². The van der Waals surface area contributed by atoms with Gasteiger partial charge in [-0.15, -0.1) is 0 Å². The van der Waals surface area contributed by atoms with E-state index >= 15 is 0 Å². The minimum Gasteiger partial charge on any atom is -0.478 e. The minimum absolute atomic E-state index is 0.119. The molecule has 1 amide bonds. The number of carboxylic acid groups (broad SMARTS) is 1. The van der Waals surface area contributed by atoms with Crippen LogP contribution in [0.2, 0.25) is 0 Å². The van der Waals surface area contributed by atoms with Crippen molar-refractivity contribution in [1.29, 1.82) is 0 Å². The summed E-state index contributed by atoms with van der Waals surface area (Å²) in [5.74, 6) is 0.290. The lowest BCUT2D eigenvalue weighted by molar-refractivity contribution is -0.131. The van der Waals surface area contributed by atoms with Crippen molar-refractivity contribution in [3.63, 3.8) is 0 Å². The normalized spacial score (nSPS) is 12.3. The number of rotatable bonds is 7. The molecular weight excluding hydrogens is 286 g/mol. The summed E-state index contributed by atoms with van der Waals surface area (Å²) in [5, 5.41) is 11.6. The second-order valence-corrected chi connectivity index (χ2v) is 5.93. The van der Waals surface area contributed by atoms with Gasteiger partial charge in [0.1, 0.15) is 0 Å². The van der Waals surface area contributed by atoms with E-state index in [1.165, 1.54) is 6.08 Å². The Hall–Kier alpha value is -1.75. The number of aliphatic carboxylic acids is 1. The van der Waals surface area contributed by atoms with Crippen molar-refractivity contribution in [2.75, 3.05) is 18.6 Å². The van der Waals surface area contributed by atoms with Gasteiger partial charge in [-0.25, -0.2) is 4.79 Å². The maximum absolute atomic E-state index is 12.2. The zero-order chi connectivity index (χ0) is 15.8. The van der Waals surface area contributed by atoms with Crippen LogP contribution in [-0.2, 0) is 4.79 Å². The number of carbonyl (C=O) groups excluding carboxylic acids is 1. The van der Waals surface area contributed by atoms with Crippen LogP contribution in [0.25, 0.3) is 6.08 Å². The van der Waals surface area contributed by atoms with E-state index in [9.17, 15) is 9.59 Å². The highest BCUT2D eigenvalue weighted by Crippen LogP contribution is 2.13. The molecule has 0 aliphatic carbocycles. The van der Waals surface area contributed by atoms with Crippen molar-refractivity contribution in [2.24, 2.45) is 5.92 Å². The number of carbonyl (C=O) groups is 2. The topological polar surface area (TPSA) is 66.4 Å². The van der Waals surface area contributed by atoms with Gasteiger partial charge in [0.15, 0.2) is 0 Å². The summed E-state index contributed by atoms with van der Waals surface area (Å²) in [6.07, 6.45) is 4.59. The highest BCUT2D eigenvalue weighted by atomic mass is 32.2. The fraction of sp³-hybridized carbons (Fsp3) is 0.375. The van der Waals surface area contributed by atoms with Gasteiger partial charge < -0.3 is 10.4 Å². The summed E-state index contributed by atoms with van der Waals surface area (Å²) in [7, 11) is 0. The average Bonchev–Trinajstić information content (AvgIpc) is 2.44. The second-order valence-electron chi connectivity index (χ2n) is 5.02. The Bertz CT molecular complexity index is 540. The maximum atomic E-state index is 12.2. The number of aryl methyl sites for hydroxylation is 1. The van der Waals surface area contributed by atoms with E-state index in [0.29, 0.717) is 23.6 Å². The molecule has 2 N–H and O–H groups in total. The molecule has 1 aromatic carbocycles. The molecule has 0 saturated carbocycles. The standard InChI is InChI=1S/C16H21NO3S/c1-11(10-21-3)9-17-16(20)14-8-13(5-4-12(14)2)6-7-15(18)19/h4-8,11H,9-10H2,1-3H3,(H,17,20)(H,18,19). The van der Waals surface area contributed by atoms with Gasteiger partial charge in [0.25, 0.3) is 5.91 Å². The third-order valence-electron chi connectivity index (χ3n) is 2.99. The number of hydrogen-bond acceptors (Lipinski definition) is 3. The molecule has 0 heterocycles. The molecule has 5 heteroatoms. The molecule has 0 bridgehead atoms. The van der Waals surface area contributed by atoms with E-state index in [0.717, 1.165) is 17.4 Å². The highest BCUT2D eigenvalue weighted by Gasteiger charge is 2.10. The number of thioether (sulfide) groups is 1. The van der Waals surface area contributed by atoms with Gasteiger partial charge in [-0.1, -0.05) is 19.1 Å². The summed E-state index contributed by atoms with van der Waals surface area (Å²) in [5.41, 5.74) is 2.15. The van der Waals surface area contributed by atoms with E-state index in [4.69, 9.17) is 5.11 Å². The van der Waals surface area contributed by atoms with Gasteiger partial charge in [0.2, 0.25) is 0 Å². The molecule has 0 spiro atoms. The first kappa shape index (κ1) is 17.3. The number of nitrogens with one attached hydrogen (secondary N) is 1. The van der Waals surface area contributed by atoms with Crippen LogP contribution < -0.4 is 5.32 Å². The fourth-order valence-corrected chi connectivity index (χ4v) is 2.55. The van der Waals surface area contributed by atoms with Gasteiger partial charge in [-0.2, -0.15) is 11.8 Å². The maximum Gasteiger partial charge on any atom is 0.328 e. The minimum atomic E-state index is -1.01. The van der Waals surface area contributed by atoms with Crippen LogP contribution in [0.3, 0.4) is 0 Å². The molecule has 1 rings (SSSR count). The quantitative estimate of drug-likeness (QED) is 0.760. The monoisotopic (exact) mass is 307 g/mol. The summed E-state index contributed by atoms with van der Waals surface area (Å²) < 4.78 is 0. The van der Waals surface area contributed by atoms with Gasteiger partial charge in [-0.3, -0.25) is 4.79 Å². The second kappa shape index (κ2) is 8.52. The highest BCUT2D eigenvalue weighted by molar-refractivity contribution is 7.98. The molecule has 0 aromatic heterocycles. The third kappa shape index (κ3) is 6.04. The molecule has 21 heavy (non-hydrogen) atoms. The van der Waals surface area contributed by atoms with E-state index < -0.39 is 5.97 Å². The number of amides is 1. The molecule has 0 aliphatic rings. The smallest absolute Gasteiger partial charge is 0.328 e. The van der Waals surface area contributed by atoms with Crippen LogP contribution in [0.5, 0.6) is 0 Å². The van der Waals surface area contributed by atoms with Crippen molar-refractivity contribution in [3.05, 3.63) is 41.0 Å². The molecular formula is C16H21NO3S. The van der Waals surface area contributed by atoms with Gasteiger partial charge in [0, 0.05) is 18.2 Å². The van der Waals surface area contributed by atoms with E-state index in [1.807, 2.05) is 19.2 Å². The van der Waals surface area contributed by atoms with Crippen LogP contribution >= 0.6 is 11.8 Å².